The topological polar surface area (TPSA) is 18.5 Å². The van der Waals surface area contributed by atoms with Gasteiger partial charge < -0.3 is 9.47 Å². The summed E-state index contributed by atoms with van der Waals surface area (Å²) in [6, 6.07) is 8.35. The molecule has 1 aromatic rings. The van der Waals surface area contributed by atoms with Gasteiger partial charge in [-0.15, -0.1) is 11.6 Å². The van der Waals surface area contributed by atoms with Gasteiger partial charge in [-0.25, -0.2) is 0 Å². The molecule has 0 fully saturated rings. The zero-order chi connectivity index (χ0) is 13.2. The summed E-state index contributed by atoms with van der Waals surface area (Å²) in [6.07, 6.45) is 2.07. The van der Waals surface area contributed by atoms with Gasteiger partial charge in [0.1, 0.15) is 0 Å². The van der Waals surface area contributed by atoms with Crippen molar-refractivity contribution in [3.63, 3.8) is 0 Å². The van der Waals surface area contributed by atoms with Gasteiger partial charge in [0.2, 0.25) is 0 Å². The van der Waals surface area contributed by atoms with Crippen LogP contribution in [-0.2, 0) is 9.47 Å². The minimum absolute atomic E-state index is 0.398. The molecular formula is C14H20BrClO2. The second-order valence-corrected chi connectivity index (χ2v) is 5.38. The predicted molar refractivity (Wildman–Crippen MR) is 79.5 cm³/mol. The Labute approximate surface area is 123 Å². The van der Waals surface area contributed by atoms with E-state index < -0.39 is 0 Å². The molecule has 0 heterocycles. The number of halogens is 2. The van der Waals surface area contributed by atoms with Crippen LogP contribution in [0.4, 0.5) is 0 Å². The lowest BCUT2D eigenvalue weighted by atomic mass is 9.96. The third-order valence-electron chi connectivity index (χ3n) is 2.78. The number of benzene rings is 1. The minimum Gasteiger partial charge on any atom is -0.382 e. The van der Waals surface area contributed by atoms with E-state index in [-0.39, 0.29) is 0 Å². The molecule has 1 aromatic carbocycles. The summed E-state index contributed by atoms with van der Waals surface area (Å²) < 4.78 is 11.5. The Morgan fingerprint density at radius 1 is 1.28 bits per heavy atom. The maximum atomic E-state index is 6.04. The molecule has 18 heavy (non-hydrogen) atoms. The molecule has 0 bridgehead atoms. The molecule has 0 N–H and O–H groups in total. The van der Waals surface area contributed by atoms with Crippen LogP contribution >= 0.6 is 27.5 Å². The Bertz CT molecular complexity index is 333. The summed E-state index contributed by atoms with van der Waals surface area (Å²) >= 11 is 9.53. The summed E-state index contributed by atoms with van der Waals surface area (Å²) in [5.41, 5.74) is 1.29. The summed E-state index contributed by atoms with van der Waals surface area (Å²) in [4.78, 5) is 0. The molecule has 0 aliphatic rings. The summed E-state index contributed by atoms with van der Waals surface area (Å²) in [6.45, 7) is 2.09. The van der Waals surface area contributed by atoms with Gasteiger partial charge in [0.05, 0.1) is 13.2 Å². The van der Waals surface area contributed by atoms with Crippen molar-refractivity contribution >= 4 is 27.5 Å². The molecule has 1 atom stereocenters. The Kier molecular flexibility index (Phi) is 8.68. The number of hydrogen-bond acceptors (Lipinski definition) is 2. The van der Waals surface area contributed by atoms with Crippen molar-refractivity contribution in [2.24, 2.45) is 0 Å². The minimum atomic E-state index is 0.398. The Morgan fingerprint density at radius 3 is 2.78 bits per heavy atom. The molecule has 0 aliphatic heterocycles. The van der Waals surface area contributed by atoms with Crippen LogP contribution in [0.3, 0.4) is 0 Å². The van der Waals surface area contributed by atoms with Crippen LogP contribution in [0.15, 0.2) is 28.7 Å². The monoisotopic (exact) mass is 334 g/mol. The van der Waals surface area contributed by atoms with Gasteiger partial charge in [-0.2, -0.15) is 0 Å². The molecule has 0 aromatic heterocycles. The van der Waals surface area contributed by atoms with E-state index in [9.17, 15) is 0 Å². The highest BCUT2D eigenvalue weighted by atomic mass is 79.9. The average Bonchev–Trinajstić information content (AvgIpc) is 2.38. The Hall–Kier alpha value is -0.0900. The second kappa shape index (κ2) is 9.79. The molecule has 0 spiro atoms. The average molecular weight is 336 g/mol. The van der Waals surface area contributed by atoms with Gasteiger partial charge in [-0.1, -0.05) is 28.1 Å². The lowest BCUT2D eigenvalue weighted by Gasteiger charge is -2.14. The van der Waals surface area contributed by atoms with Crippen LogP contribution in [0.25, 0.3) is 0 Å². The highest BCUT2D eigenvalue weighted by molar-refractivity contribution is 9.10. The predicted octanol–water partition coefficient (Wildman–Crippen LogP) is 4.21. The molecule has 0 radical (unpaired) electrons. The summed E-state index contributed by atoms with van der Waals surface area (Å²) in [7, 11) is 1.68. The first kappa shape index (κ1) is 16.0. The quantitative estimate of drug-likeness (QED) is 0.497. The molecule has 0 saturated carbocycles. The Balaban J connectivity index is 2.29. The van der Waals surface area contributed by atoms with Crippen molar-refractivity contribution in [3.05, 3.63) is 34.3 Å². The first-order chi connectivity index (χ1) is 8.77. The van der Waals surface area contributed by atoms with Crippen LogP contribution in [0, 0.1) is 0 Å². The van der Waals surface area contributed by atoms with Crippen molar-refractivity contribution < 1.29 is 9.47 Å². The van der Waals surface area contributed by atoms with Crippen molar-refractivity contribution in [1.82, 2.24) is 0 Å². The van der Waals surface area contributed by atoms with Crippen LogP contribution in [0.2, 0.25) is 0 Å². The van der Waals surface area contributed by atoms with E-state index >= 15 is 0 Å². The third-order valence-corrected chi connectivity index (χ3v) is 3.65. The zero-order valence-corrected chi connectivity index (χ0v) is 13.0. The van der Waals surface area contributed by atoms with Gasteiger partial charge in [0.25, 0.3) is 0 Å². The molecule has 1 rings (SSSR count). The molecule has 4 heteroatoms. The molecular weight excluding hydrogens is 316 g/mol. The summed E-state index contributed by atoms with van der Waals surface area (Å²) in [5, 5.41) is 0. The van der Waals surface area contributed by atoms with Crippen LogP contribution < -0.4 is 0 Å². The van der Waals surface area contributed by atoms with Gasteiger partial charge in [0, 0.05) is 24.1 Å². The van der Waals surface area contributed by atoms with Gasteiger partial charge in [-0.05, 0) is 36.5 Å². The number of ether oxygens (including phenoxy) is 2. The van der Waals surface area contributed by atoms with E-state index in [4.69, 9.17) is 21.1 Å². The van der Waals surface area contributed by atoms with E-state index in [1.807, 2.05) is 12.1 Å². The van der Waals surface area contributed by atoms with E-state index in [0.29, 0.717) is 25.0 Å². The molecule has 0 aliphatic carbocycles. The van der Waals surface area contributed by atoms with Gasteiger partial charge >= 0.3 is 0 Å². The molecule has 2 nitrogen and oxygen atoms in total. The van der Waals surface area contributed by atoms with E-state index in [0.717, 1.165) is 23.9 Å². The van der Waals surface area contributed by atoms with Gasteiger partial charge in [-0.3, -0.25) is 0 Å². The highest BCUT2D eigenvalue weighted by Gasteiger charge is 2.10. The van der Waals surface area contributed by atoms with Crippen LogP contribution in [0.1, 0.15) is 24.3 Å². The number of rotatable bonds is 9. The second-order valence-electron chi connectivity index (χ2n) is 4.15. The summed E-state index contributed by atoms with van der Waals surface area (Å²) in [5.74, 6) is 1.05. The van der Waals surface area contributed by atoms with Crippen LogP contribution in [0.5, 0.6) is 0 Å². The van der Waals surface area contributed by atoms with Crippen LogP contribution in [-0.4, -0.2) is 32.8 Å². The number of alkyl halides is 1. The fourth-order valence-corrected chi connectivity index (χ4v) is 2.52. The molecule has 0 amide bonds. The zero-order valence-electron chi connectivity index (χ0n) is 10.7. The molecule has 0 saturated heterocycles. The van der Waals surface area contributed by atoms with Crippen molar-refractivity contribution in [2.75, 3.05) is 32.8 Å². The van der Waals surface area contributed by atoms with E-state index in [1.165, 1.54) is 5.56 Å². The maximum Gasteiger partial charge on any atom is 0.0700 e. The van der Waals surface area contributed by atoms with Crippen molar-refractivity contribution in [2.45, 2.75) is 18.8 Å². The SMILES string of the molecule is COCCOCCCC(CCl)c1cccc(Br)c1. The van der Waals surface area contributed by atoms with Crippen molar-refractivity contribution in [3.8, 4) is 0 Å². The number of hydrogen-bond donors (Lipinski definition) is 0. The highest BCUT2D eigenvalue weighted by Crippen LogP contribution is 2.25. The fraction of sp³-hybridized carbons (Fsp3) is 0.571. The first-order valence-electron chi connectivity index (χ1n) is 6.16. The maximum absolute atomic E-state index is 6.04. The third kappa shape index (κ3) is 6.19. The number of methoxy groups -OCH3 is 1. The Morgan fingerprint density at radius 2 is 2.11 bits per heavy atom. The smallest absolute Gasteiger partial charge is 0.0700 e. The standard InChI is InChI=1S/C14H20BrClO2/c1-17-8-9-18-7-3-5-13(11-16)12-4-2-6-14(15)10-12/h2,4,6,10,13H,3,5,7-9,11H2,1H3. The molecule has 102 valence electrons. The normalized spacial score (nSPS) is 12.6. The van der Waals surface area contributed by atoms with Gasteiger partial charge in [0.15, 0.2) is 0 Å². The van der Waals surface area contributed by atoms with Crippen molar-refractivity contribution in [1.29, 1.82) is 0 Å². The lowest BCUT2D eigenvalue weighted by Crippen LogP contribution is -2.06. The largest absolute Gasteiger partial charge is 0.382 e. The first-order valence-corrected chi connectivity index (χ1v) is 7.48. The lowest BCUT2D eigenvalue weighted by molar-refractivity contribution is 0.0683. The fourth-order valence-electron chi connectivity index (χ4n) is 1.77. The van der Waals surface area contributed by atoms with E-state index in [1.54, 1.807) is 7.11 Å². The molecule has 1 unspecified atom stereocenters. The van der Waals surface area contributed by atoms with E-state index in [2.05, 4.69) is 28.1 Å².